The molecule has 1 N–H and O–H groups in total. The van der Waals surface area contributed by atoms with Crippen LogP contribution in [0.5, 0.6) is 0 Å². The van der Waals surface area contributed by atoms with Crippen LogP contribution in [0.3, 0.4) is 0 Å². The average Bonchev–Trinajstić information content (AvgIpc) is 3.18. The number of pyridine rings is 1. The summed E-state index contributed by atoms with van der Waals surface area (Å²) < 4.78 is 32.7. The van der Waals surface area contributed by atoms with Crippen molar-refractivity contribution < 1.29 is 27.5 Å². The molecule has 11 heteroatoms. The van der Waals surface area contributed by atoms with Gasteiger partial charge in [-0.25, -0.2) is 18.2 Å². The van der Waals surface area contributed by atoms with Gasteiger partial charge in [-0.1, -0.05) is 42.8 Å². The van der Waals surface area contributed by atoms with Crippen molar-refractivity contribution in [3.8, 4) is 0 Å². The Morgan fingerprint density at radius 1 is 1.10 bits per heavy atom. The normalized spacial score (nSPS) is 15.4. The summed E-state index contributed by atoms with van der Waals surface area (Å²) in [4.78, 5) is 46.0. The zero-order chi connectivity index (χ0) is 27.9. The molecule has 3 heterocycles. The van der Waals surface area contributed by atoms with Crippen LogP contribution in [0.15, 0.2) is 59.5 Å². The molecule has 0 bridgehead atoms. The number of rotatable bonds is 7. The number of benzene rings is 2. The lowest BCUT2D eigenvalue weighted by molar-refractivity contribution is -0.140. The summed E-state index contributed by atoms with van der Waals surface area (Å²) >= 11 is 0. The number of fused-ring (bicyclic) bond motifs is 3. The van der Waals surface area contributed by atoms with Gasteiger partial charge in [-0.15, -0.1) is 0 Å². The summed E-state index contributed by atoms with van der Waals surface area (Å²) in [6.07, 6.45) is 0.548. The minimum absolute atomic E-state index is 0.0150. The molecule has 202 valence electrons. The largest absolute Gasteiger partial charge is 0.464 e. The number of methoxy groups -OCH3 is 1. The van der Waals surface area contributed by atoms with Gasteiger partial charge in [-0.3, -0.25) is 9.59 Å². The summed E-state index contributed by atoms with van der Waals surface area (Å²) in [7, 11) is -2.62. The molecule has 0 spiro atoms. The predicted octanol–water partition coefficient (Wildman–Crippen LogP) is 3.13. The Morgan fingerprint density at radius 2 is 1.82 bits per heavy atom. The minimum Gasteiger partial charge on any atom is -0.464 e. The molecule has 4 aromatic rings. The Balaban J connectivity index is 1.66. The van der Waals surface area contributed by atoms with Crippen molar-refractivity contribution in [1.29, 1.82) is 0 Å². The van der Waals surface area contributed by atoms with Gasteiger partial charge in [-0.2, -0.15) is 0 Å². The molecule has 1 aliphatic rings. The molecule has 5 rings (SSSR count). The third-order valence-corrected chi connectivity index (χ3v) is 8.40. The van der Waals surface area contributed by atoms with Crippen LogP contribution in [0.2, 0.25) is 0 Å². The molecule has 0 saturated carbocycles. The number of nitrogens with zero attached hydrogens (tertiary/aromatic N) is 3. The number of carbonyl (C=O) groups excluding carboxylic acids is 3. The molecule has 1 unspecified atom stereocenters. The fourth-order valence-electron chi connectivity index (χ4n) is 5.04. The fourth-order valence-corrected chi connectivity index (χ4v) is 6.09. The first kappa shape index (κ1) is 26.4. The van der Waals surface area contributed by atoms with E-state index in [2.05, 4.69) is 10.3 Å². The van der Waals surface area contributed by atoms with Gasteiger partial charge >= 0.3 is 5.97 Å². The first-order valence-corrected chi connectivity index (χ1v) is 14.2. The number of hydrogen-bond donors (Lipinski definition) is 1. The SMILES string of the molecule is CCCN1C(=O)Cn2c3ccccc3c3cc(C(=O)OC)nc(c32)C1C(=O)NCS(=O)(=O)c1ccc(C)cc1. The van der Waals surface area contributed by atoms with Crippen LogP contribution in [0, 0.1) is 6.92 Å². The third-order valence-electron chi connectivity index (χ3n) is 6.88. The van der Waals surface area contributed by atoms with Crippen LogP contribution in [-0.4, -0.2) is 60.2 Å². The molecule has 1 atom stereocenters. The molecule has 2 aromatic heterocycles. The number of carbonyl (C=O) groups is 3. The topological polar surface area (TPSA) is 128 Å². The van der Waals surface area contributed by atoms with Crippen molar-refractivity contribution >= 4 is 49.4 Å². The van der Waals surface area contributed by atoms with Crippen LogP contribution in [0.25, 0.3) is 21.8 Å². The predicted molar refractivity (Wildman–Crippen MR) is 145 cm³/mol. The fraction of sp³-hybridized carbons (Fsp3) is 0.286. The third kappa shape index (κ3) is 4.63. The number of sulfone groups is 1. The highest BCUT2D eigenvalue weighted by Gasteiger charge is 2.39. The van der Waals surface area contributed by atoms with E-state index < -0.39 is 33.6 Å². The number of aryl methyl sites for hydroxylation is 1. The maximum atomic E-state index is 13.8. The molecule has 39 heavy (non-hydrogen) atoms. The van der Waals surface area contributed by atoms with Crippen LogP contribution in [0.1, 0.15) is 41.1 Å². The van der Waals surface area contributed by atoms with E-state index in [1.807, 2.05) is 38.1 Å². The second kappa shape index (κ2) is 10.1. The molecule has 0 fully saturated rings. The number of amides is 2. The lowest BCUT2D eigenvalue weighted by Crippen LogP contribution is -2.45. The summed E-state index contributed by atoms with van der Waals surface area (Å²) in [5.74, 6) is -2.38. The molecule has 1 aliphatic heterocycles. The van der Waals surface area contributed by atoms with Crippen LogP contribution < -0.4 is 5.32 Å². The molecule has 10 nitrogen and oxygen atoms in total. The van der Waals surface area contributed by atoms with Crippen LogP contribution >= 0.6 is 0 Å². The zero-order valence-electron chi connectivity index (χ0n) is 21.8. The molecular formula is C28H28N4O6S. The second-order valence-corrected chi connectivity index (χ2v) is 11.5. The van der Waals surface area contributed by atoms with Crippen LogP contribution in [0.4, 0.5) is 0 Å². The highest BCUT2D eigenvalue weighted by molar-refractivity contribution is 7.91. The van der Waals surface area contributed by atoms with Gasteiger partial charge in [0.2, 0.25) is 11.8 Å². The van der Waals surface area contributed by atoms with E-state index in [9.17, 15) is 22.8 Å². The van der Waals surface area contributed by atoms with Crippen molar-refractivity contribution in [3.05, 3.63) is 71.5 Å². The summed E-state index contributed by atoms with van der Waals surface area (Å²) in [6, 6.07) is 14.1. The summed E-state index contributed by atoms with van der Waals surface area (Å²) in [5.41, 5.74) is 2.37. The monoisotopic (exact) mass is 548 g/mol. The van der Waals surface area contributed by atoms with Gasteiger partial charge in [0, 0.05) is 22.8 Å². The molecule has 2 amide bonds. The lowest BCUT2D eigenvalue weighted by Gasteiger charge is -2.29. The highest BCUT2D eigenvalue weighted by atomic mass is 32.2. The smallest absolute Gasteiger partial charge is 0.356 e. The Bertz CT molecular complexity index is 1730. The summed E-state index contributed by atoms with van der Waals surface area (Å²) in [6.45, 7) is 3.91. The van der Waals surface area contributed by atoms with E-state index in [0.717, 1.165) is 16.5 Å². The van der Waals surface area contributed by atoms with E-state index >= 15 is 0 Å². The van der Waals surface area contributed by atoms with Crippen molar-refractivity contribution in [2.24, 2.45) is 0 Å². The number of para-hydroxylation sites is 1. The van der Waals surface area contributed by atoms with Crippen molar-refractivity contribution in [1.82, 2.24) is 19.8 Å². The Hall–Kier alpha value is -4.25. The van der Waals surface area contributed by atoms with E-state index in [-0.39, 0.29) is 35.3 Å². The maximum Gasteiger partial charge on any atom is 0.356 e. The van der Waals surface area contributed by atoms with Crippen molar-refractivity contribution in [2.75, 3.05) is 19.5 Å². The van der Waals surface area contributed by atoms with Crippen molar-refractivity contribution in [2.45, 2.75) is 37.8 Å². The minimum atomic E-state index is -3.86. The summed E-state index contributed by atoms with van der Waals surface area (Å²) in [5, 5.41) is 3.96. The Kier molecular flexibility index (Phi) is 6.85. The number of nitrogens with one attached hydrogen (secondary N) is 1. The standard InChI is InChI=1S/C28H28N4O6S/c1-4-13-31-23(33)15-32-22-8-6-5-7-19(22)20-14-21(28(35)38-3)30-24(25(20)32)26(31)27(34)29-16-39(36,37)18-11-9-17(2)10-12-18/h5-12,14,26H,4,13,15-16H2,1-3H3,(H,29,34). The number of ether oxygens (including phenoxy) is 1. The zero-order valence-corrected chi connectivity index (χ0v) is 22.6. The molecule has 0 radical (unpaired) electrons. The first-order valence-electron chi connectivity index (χ1n) is 12.5. The lowest BCUT2D eigenvalue weighted by atomic mass is 10.1. The number of aromatic nitrogens is 2. The van der Waals surface area contributed by atoms with E-state index in [1.165, 1.54) is 24.1 Å². The molecular weight excluding hydrogens is 520 g/mol. The maximum absolute atomic E-state index is 13.8. The second-order valence-electron chi connectivity index (χ2n) is 9.49. The van der Waals surface area contributed by atoms with Gasteiger partial charge in [0.15, 0.2) is 15.9 Å². The van der Waals surface area contributed by atoms with E-state index in [0.29, 0.717) is 17.3 Å². The van der Waals surface area contributed by atoms with Gasteiger partial charge < -0.3 is 19.5 Å². The molecule has 0 saturated heterocycles. The Labute approximate surface area is 225 Å². The first-order chi connectivity index (χ1) is 18.7. The van der Waals surface area contributed by atoms with Crippen molar-refractivity contribution in [3.63, 3.8) is 0 Å². The van der Waals surface area contributed by atoms with Gasteiger partial charge in [0.1, 0.15) is 18.1 Å². The van der Waals surface area contributed by atoms with Gasteiger partial charge in [-0.05, 0) is 37.6 Å². The van der Waals surface area contributed by atoms with Crippen LogP contribution in [-0.2, 0) is 30.7 Å². The highest BCUT2D eigenvalue weighted by Crippen LogP contribution is 2.37. The van der Waals surface area contributed by atoms with E-state index in [1.54, 1.807) is 22.8 Å². The molecule has 0 aliphatic carbocycles. The number of hydrogen-bond acceptors (Lipinski definition) is 7. The van der Waals surface area contributed by atoms with E-state index in [4.69, 9.17) is 4.74 Å². The van der Waals surface area contributed by atoms with Gasteiger partial charge in [0.25, 0.3) is 0 Å². The Morgan fingerprint density at radius 3 is 2.51 bits per heavy atom. The quantitative estimate of drug-likeness (QED) is 0.352. The molecule has 2 aromatic carbocycles. The van der Waals surface area contributed by atoms with Gasteiger partial charge in [0.05, 0.1) is 23.2 Å². The average molecular weight is 549 g/mol. The number of esters is 1.